The molecule has 1 rings (SSSR count). The Labute approximate surface area is 120 Å². The Balaban J connectivity index is 3.14. The number of benzene rings is 1. The van der Waals surface area contributed by atoms with Gasteiger partial charge in [0.25, 0.3) is 0 Å². The fraction of sp³-hybridized carbons (Fsp3) is 0.438. The highest BCUT2D eigenvalue weighted by Gasteiger charge is 2.38. The van der Waals surface area contributed by atoms with Crippen LogP contribution >= 0.6 is 11.8 Å². The van der Waals surface area contributed by atoms with Gasteiger partial charge in [0, 0.05) is 10.5 Å². The Kier molecular flexibility index (Phi) is 5.83. The molecule has 104 valence electrons. The van der Waals surface area contributed by atoms with Gasteiger partial charge >= 0.3 is 0 Å². The monoisotopic (exact) mass is 277 g/mol. The topological polar surface area (TPSA) is 20.3 Å². The molecule has 0 saturated heterocycles. The van der Waals surface area contributed by atoms with Crippen molar-refractivity contribution in [2.75, 3.05) is 20.4 Å². The highest BCUT2D eigenvalue weighted by atomic mass is 32.2. The van der Waals surface area contributed by atoms with E-state index in [2.05, 4.69) is 13.5 Å². The van der Waals surface area contributed by atoms with Crippen molar-refractivity contribution in [1.82, 2.24) is 4.90 Å². The third kappa shape index (κ3) is 3.28. The minimum absolute atomic E-state index is 0.174. The number of carbonyl (C=O) groups is 1. The lowest BCUT2D eigenvalue weighted by molar-refractivity contribution is 0.0673. The maximum atomic E-state index is 12.8. The Morgan fingerprint density at radius 2 is 1.95 bits per heavy atom. The molecule has 0 N–H and O–H groups in total. The zero-order valence-electron chi connectivity index (χ0n) is 12.3. The van der Waals surface area contributed by atoms with Crippen LogP contribution in [0.2, 0.25) is 0 Å². The van der Waals surface area contributed by atoms with Crippen LogP contribution in [0, 0.1) is 0 Å². The number of ketones is 1. The summed E-state index contributed by atoms with van der Waals surface area (Å²) in [5.41, 5.74) is 0.290. The second-order valence-electron chi connectivity index (χ2n) is 4.83. The summed E-state index contributed by atoms with van der Waals surface area (Å²) in [5.74, 6) is 0.174. The van der Waals surface area contributed by atoms with E-state index in [0.717, 1.165) is 12.0 Å². The van der Waals surface area contributed by atoms with Crippen LogP contribution in [0.1, 0.15) is 30.1 Å². The van der Waals surface area contributed by atoms with E-state index in [9.17, 15) is 4.79 Å². The van der Waals surface area contributed by atoms with Gasteiger partial charge in [-0.15, -0.1) is 18.3 Å². The minimum Gasteiger partial charge on any atom is -0.297 e. The third-order valence-corrected chi connectivity index (χ3v) is 4.44. The maximum absolute atomic E-state index is 12.8. The van der Waals surface area contributed by atoms with E-state index in [1.165, 1.54) is 4.90 Å². The molecule has 1 unspecified atom stereocenters. The number of rotatable bonds is 7. The summed E-state index contributed by atoms with van der Waals surface area (Å²) in [5, 5.41) is 0. The van der Waals surface area contributed by atoms with Crippen molar-refractivity contribution < 1.29 is 4.79 Å². The number of hydrogen-bond acceptors (Lipinski definition) is 3. The molecule has 0 aliphatic rings. The zero-order chi connectivity index (χ0) is 14.5. The third-order valence-electron chi connectivity index (χ3n) is 3.70. The maximum Gasteiger partial charge on any atom is 0.183 e. The molecule has 0 saturated carbocycles. The van der Waals surface area contributed by atoms with E-state index >= 15 is 0 Å². The molecule has 0 radical (unpaired) electrons. The molecule has 1 aromatic rings. The molecule has 19 heavy (non-hydrogen) atoms. The van der Waals surface area contributed by atoms with E-state index < -0.39 is 5.54 Å². The molecule has 2 nitrogen and oxygen atoms in total. The van der Waals surface area contributed by atoms with Crippen LogP contribution in [0.15, 0.2) is 41.8 Å². The van der Waals surface area contributed by atoms with Crippen LogP contribution in [0.3, 0.4) is 0 Å². The summed E-state index contributed by atoms with van der Waals surface area (Å²) in [6.07, 6.45) is 5.30. The van der Waals surface area contributed by atoms with E-state index in [4.69, 9.17) is 0 Å². The summed E-state index contributed by atoms with van der Waals surface area (Å²) < 4.78 is 0. The molecule has 0 aromatic heterocycles. The summed E-state index contributed by atoms with van der Waals surface area (Å²) in [7, 11) is 3.92. The van der Waals surface area contributed by atoms with Crippen LogP contribution in [0.25, 0.3) is 0 Å². The van der Waals surface area contributed by atoms with Gasteiger partial charge in [-0.05, 0) is 45.3 Å². The van der Waals surface area contributed by atoms with Gasteiger partial charge < -0.3 is 0 Å². The van der Waals surface area contributed by atoms with Crippen LogP contribution in [-0.4, -0.2) is 36.6 Å². The first kappa shape index (κ1) is 16.0. The first-order chi connectivity index (χ1) is 9.01. The van der Waals surface area contributed by atoms with Gasteiger partial charge in [0.15, 0.2) is 5.78 Å². The number of hydrogen-bond donors (Lipinski definition) is 0. The standard InChI is InChI=1S/C16H23NOS/c1-6-12-16(7-2,17(3)4)15(18)13-8-10-14(19-5)11-9-13/h6,8-11H,1,7,12H2,2-5H3. The van der Waals surface area contributed by atoms with Gasteiger partial charge in [0.1, 0.15) is 0 Å². The first-order valence-corrected chi connectivity index (χ1v) is 7.71. The molecule has 0 aliphatic carbocycles. The number of nitrogens with zero attached hydrogens (tertiary/aromatic N) is 1. The first-order valence-electron chi connectivity index (χ1n) is 6.49. The van der Waals surface area contributed by atoms with E-state index in [0.29, 0.717) is 6.42 Å². The summed E-state index contributed by atoms with van der Waals surface area (Å²) >= 11 is 1.68. The average Bonchev–Trinajstić information content (AvgIpc) is 2.44. The second-order valence-corrected chi connectivity index (χ2v) is 5.71. The zero-order valence-corrected chi connectivity index (χ0v) is 13.1. The number of carbonyl (C=O) groups excluding carboxylic acids is 1. The average molecular weight is 277 g/mol. The highest BCUT2D eigenvalue weighted by Crippen LogP contribution is 2.28. The number of thioether (sulfide) groups is 1. The van der Waals surface area contributed by atoms with Crippen LogP contribution < -0.4 is 0 Å². The van der Waals surface area contributed by atoms with Crippen molar-refractivity contribution in [3.63, 3.8) is 0 Å². The van der Waals surface area contributed by atoms with Crippen molar-refractivity contribution in [2.45, 2.75) is 30.2 Å². The fourth-order valence-electron chi connectivity index (χ4n) is 2.35. The van der Waals surface area contributed by atoms with Crippen LogP contribution in [0.5, 0.6) is 0 Å². The van der Waals surface area contributed by atoms with Gasteiger partial charge in [-0.2, -0.15) is 0 Å². The molecule has 1 atom stereocenters. The lowest BCUT2D eigenvalue weighted by atomic mass is 9.82. The smallest absolute Gasteiger partial charge is 0.183 e. The Morgan fingerprint density at radius 1 is 1.37 bits per heavy atom. The largest absolute Gasteiger partial charge is 0.297 e. The van der Waals surface area contributed by atoms with Crippen molar-refractivity contribution in [3.8, 4) is 0 Å². The molecule has 0 bridgehead atoms. The normalized spacial score (nSPS) is 14.2. The summed E-state index contributed by atoms with van der Waals surface area (Å²) in [6, 6.07) is 7.85. The van der Waals surface area contributed by atoms with Crippen molar-refractivity contribution in [2.24, 2.45) is 0 Å². The van der Waals surface area contributed by atoms with E-state index in [1.54, 1.807) is 11.8 Å². The molecule has 0 fully saturated rings. The van der Waals surface area contributed by atoms with Crippen LogP contribution in [0.4, 0.5) is 0 Å². The summed E-state index contributed by atoms with van der Waals surface area (Å²) in [6.45, 7) is 5.85. The van der Waals surface area contributed by atoms with Gasteiger partial charge in [-0.3, -0.25) is 9.69 Å². The Bertz CT molecular complexity index is 439. The second kappa shape index (κ2) is 6.92. The van der Waals surface area contributed by atoms with Crippen molar-refractivity contribution in [3.05, 3.63) is 42.5 Å². The molecule has 0 amide bonds. The molecule has 3 heteroatoms. The van der Waals surface area contributed by atoms with Gasteiger partial charge in [0.2, 0.25) is 0 Å². The van der Waals surface area contributed by atoms with Crippen molar-refractivity contribution in [1.29, 1.82) is 0 Å². The minimum atomic E-state index is -0.484. The SMILES string of the molecule is C=CCC(CC)(C(=O)c1ccc(SC)cc1)N(C)C. The predicted octanol–water partition coefficient (Wildman–Crippen LogP) is 3.88. The lowest BCUT2D eigenvalue weighted by Gasteiger charge is -2.37. The van der Waals surface area contributed by atoms with Crippen LogP contribution in [-0.2, 0) is 0 Å². The predicted molar refractivity (Wildman–Crippen MR) is 84.1 cm³/mol. The highest BCUT2D eigenvalue weighted by molar-refractivity contribution is 7.98. The van der Waals surface area contributed by atoms with Gasteiger partial charge in [0.05, 0.1) is 5.54 Å². The van der Waals surface area contributed by atoms with E-state index in [-0.39, 0.29) is 5.78 Å². The fourth-order valence-corrected chi connectivity index (χ4v) is 2.76. The quantitative estimate of drug-likeness (QED) is 0.428. The van der Waals surface area contributed by atoms with Crippen molar-refractivity contribution >= 4 is 17.5 Å². The number of likely N-dealkylation sites (N-methyl/N-ethyl adjacent to an activating group) is 1. The Hall–Kier alpha value is -1.06. The lowest BCUT2D eigenvalue weighted by Crippen LogP contribution is -2.50. The molecular weight excluding hydrogens is 254 g/mol. The Morgan fingerprint density at radius 3 is 2.32 bits per heavy atom. The molecule has 0 heterocycles. The number of Topliss-reactive ketones (excluding diaryl/α,β-unsaturated/α-hetero) is 1. The van der Waals surface area contributed by atoms with E-state index in [1.807, 2.05) is 55.6 Å². The molecule has 1 aromatic carbocycles. The summed E-state index contributed by atoms with van der Waals surface area (Å²) in [4.78, 5) is 16.0. The van der Waals surface area contributed by atoms with Gasteiger partial charge in [-0.1, -0.05) is 25.1 Å². The molecule has 0 spiro atoms. The van der Waals surface area contributed by atoms with Gasteiger partial charge in [-0.25, -0.2) is 0 Å². The molecule has 0 aliphatic heterocycles. The molecular formula is C16H23NOS.